The lowest BCUT2D eigenvalue weighted by molar-refractivity contribution is 0.269. The molecule has 2 aliphatic carbocycles. The first-order valence-corrected chi connectivity index (χ1v) is 6.64. The summed E-state index contributed by atoms with van der Waals surface area (Å²) in [4.78, 5) is 0. The fourth-order valence-corrected chi connectivity index (χ4v) is 3.16. The van der Waals surface area contributed by atoms with Gasteiger partial charge >= 0.3 is 0 Å². The summed E-state index contributed by atoms with van der Waals surface area (Å²) in [5, 5.41) is 3.86. The molecule has 15 heavy (non-hydrogen) atoms. The van der Waals surface area contributed by atoms with E-state index in [0.29, 0.717) is 0 Å². The molecule has 0 heterocycles. The van der Waals surface area contributed by atoms with Crippen molar-refractivity contribution < 1.29 is 0 Å². The average Bonchev–Trinajstić information content (AvgIpc) is 2.72. The van der Waals surface area contributed by atoms with Gasteiger partial charge in [-0.2, -0.15) is 0 Å². The van der Waals surface area contributed by atoms with E-state index in [1.807, 2.05) is 0 Å². The van der Waals surface area contributed by atoms with Gasteiger partial charge in [-0.3, -0.25) is 0 Å². The van der Waals surface area contributed by atoms with E-state index in [-0.39, 0.29) is 6.15 Å². The van der Waals surface area contributed by atoms with Gasteiger partial charge in [0.15, 0.2) is 0 Å². The van der Waals surface area contributed by atoms with Gasteiger partial charge in [-0.15, -0.1) is 0 Å². The van der Waals surface area contributed by atoms with Gasteiger partial charge in [-0.25, -0.2) is 0 Å². The Morgan fingerprint density at radius 2 is 1.40 bits per heavy atom. The Bertz CT molecular complexity index is 156. The van der Waals surface area contributed by atoms with Crippen molar-refractivity contribution in [1.29, 1.82) is 0 Å². The maximum Gasteiger partial charge on any atom is 0.00698 e. The molecule has 2 aliphatic rings. The monoisotopic (exact) mass is 212 g/mol. The van der Waals surface area contributed by atoms with Crippen LogP contribution in [0.5, 0.6) is 0 Å². The topological polar surface area (TPSA) is 47.0 Å². The third-order valence-corrected chi connectivity index (χ3v) is 4.25. The molecule has 0 bridgehead atoms. The molecule has 0 amide bonds. The summed E-state index contributed by atoms with van der Waals surface area (Å²) < 4.78 is 0. The van der Waals surface area contributed by atoms with Crippen molar-refractivity contribution in [3.8, 4) is 0 Å². The highest BCUT2D eigenvalue weighted by molar-refractivity contribution is 4.82. The van der Waals surface area contributed by atoms with Gasteiger partial charge < -0.3 is 11.5 Å². The molecule has 4 N–H and O–H groups in total. The smallest absolute Gasteiger partial charge is 0.00698 e. The first kappa shape index (κ1) is 13.0. The summed E-state index contributed by atoms with van der Waals surface area (Å²) >= 11 is 0. The van der Waals surface area contributed by atoms with Crippen LogP contribution in [0.15, 0.2) is 0 Å². The zero-order valence-corrected chi connectivity index (χ0v) is 10.3. The molecule has 0 spiro atoms. The molecular formula is C13H28N2. The van der Waals surface area contributed by atoms with E-state index >= 15 is 0 Å². The van der Waals surface area contributed by atoms with E-state index in [2.05, 4.69) is 12.2 Å². The van der Waals surface area contributed by atoms with E-state index in [1.54, 1.807) is 0 Å². The second-order valence-electron chi connectivity index (χ2n) is 5.27. The van der Waals surface area contributed by atoms with Gasteiger partial charge in [-0.1, -0.05) is 26.2 Å². The van der Waals surface area contributed by atoms with Crippen LogP contribution in [-0.2, 0) is 0 Å². The minimum Gasteiger partial charge on any atom is -0.344 e. The van der Waals surface area contributed by atoms with Gasteiger partial charge in [0.2, 0.25) is 0 Å². The van der Waals surface area contributed by atoms with Crippen molar-refractivity contribution in [2.45, 2.75) is 76.8 Å². The highest BCUT2D eigenvalue weighted by Crippen LogP contribution is 2.28. The largest absolute Gasteiger partial charge is 0.344 e. The average molecular weight is 212 g/mol. The molecule has 90 valence electrons. The van der Waals surface area contributed by atoms with E-state index in [1.165, 1.54) is 57.8 Å². The van der Waals surface area contributed by atoms with Crippen LogP contribution in [-0.4, -0.2) is 12.1 Å². The third-order valence-electron chi connectivity index (χ3n) is 4.25. The predicted molar refractivity (Wildman–Crippen MR) is 66.5 cm³/mol. The minimum absolute atomic E-state index is 0. The fourth-order valence-electron chi connectivity index (χ4n) is 3.16. The normalized spacial score (nSPS) is 32.6. The van der Waals surface area contributed by atoms with Crippen molar-refractivity contribution in [2.75, 3.05) is 0 Å². The Kier molecular flexibility index (Phi) is 5.62. The van der Waals surface area contributed by atoms with Crippen LogP contribution < -0.4 is 11.5 Å². The maximum atomic E-state index is 3.86. The summed E-state index contributed by atoms with van der Waals surface area (Å²) in [6, 6.07) is 1.74. The van der Waals surface area contributed by atoms with Gasteiger partial charge in [0.1, 0.15) is 0 Å². The highest BCUT2D eigenvalue weighted by atomic mass is 15.0. The van der Waals surface area contributed by atoms with Crippen molar-refractivity contribution in [3.05, 3.63) is 0 Å². The lowest BCUT2D eigenvalue weighted by Crippen LogP contribution is -2.39. The summed E-state index contributed by atoms with van der Waals surface area (Å²) in [7, 11) is 0. The van der Waals surface area contributed by atoms with Gasteiger partial charge in [0.05, 0.1) is 0 Å². The lowest BCUT2D eigenvalue weighted by atomic mass is 9.84. The van der Waals surface area contributed by atoms with Gasteiger partial charge in [0, 0.05) is 12.1 Å². The van der Waals surface area contributed by atoms with Crippen LogP contribution in [0, 0.1) is 5.92 Å². The second kappa shape index (κ2) is 6.49. The Hall–Kier alpha value is -0.0800. The fraction of sp³-hybridized carbons (Fsp3) is 1.00. The third kappa shape index (κ3) is 3.76. The first-order chi connectivity index (χ1) is 6.88. The Balaban J connectivity index is 0.00000112. The minimum atomic E-state index is 0. The van der Waals surface area contributed by atoms with Gasteiger partial charge in [0.25, 0.3) is 0 Å². The van der Waals surface area contributed by atoms with Crippen LogP contribution >= 0.6 is 0 Å². The predicted octanol–water partition coefficient (Wildman–Crippen LogP) is 3.65. The maximum absolute atomic E-state index is 3.86. The molecule has 0 saturated heterocycles. The van der Waals surface area contributed by atoms with Crippen molar-refractivity contribution >= 4 is 0 Å². The molecule has 2 heteroatoms. The van der Waals surface area contributed by atoms with Crippen molar-refractivity contribution in [1.82, 2.24) is 11.5 Å². The van der Waals surface area contributed by atoms with Crippen LogP contribution in [0.25, 0.3) is 0 Å². The summed E-state index contributed by atoms with van der Waals surface area (Å²) in [6.07, 6.45) is 13.0. The molecule has 2 rings (SSSR count). The van der Waals surface area contributed by atoms with E-state index < -0.39 is 0 Å². The highest BCUT2D eigenvalue weighted by Gasteiger charge is 2.23. The zero-order valence-electron chi connectivity index (χ0n) is 10.3. The van der Waals surface area contributed by atoms with E-state index in [0.717, 1.165) is 18.0 Å². The molecule has 2 nitrogen and oxygen atoms in total. The molecule has 2 fully saturated rings. The molecule has 2 saturated carbocycles. The summed E-state index contributed by atoms with van der Waals surface area (Å²) in [5.74, 6) is 1.04. The second-order valence-corrected chi connectivity index (χ2v) is 5.27. The zero-order chi connectivity index (χ0) is 9.80. The van der Waals surface area contributed by atoms with E-state index in [9.17, 15) is 0 Å². The molecular weight excluding hydrogens is 184 g/mol. The Labute approximate surface area is 94.8 Å². The van der Waals surface area contributed by atoms with Crippen LogP contribution in [0.3, 0.4) is 0 Å². The summed E-state index contributed by atoms with van der Waals surface area (Å²) in [5.41, 5.74) is 0. The number of rotatable bonds is 3. The Morgan fingerprint density at radius 3 is 1.93 bits per heavy atom. The number of hydrogen-bond acceptors (Lipinski definition) is 2. The molecule has 0 aromatic rings. The molecule has 0 aliphatic heterocycles. The van der Waals surface area contributed by atoms with Crippen LogP contribution in [0.4, 0.5) is 0 Å². The SMILES string of the molecule is CCC1CCC(NC2CCCC2)CC1.N. The quantitative estimate of drug-likeness (QED) is 0.750. The molecule has 0 unspecified atom stereocenters. The molecule has 0 aromatic heterocycles. The summed E-state index contributed by atoms with van der Waals surface area (Å²) in [6.45, 7) is 2.34. The van der Waals surface area contributed by atoms with Crippen LogP contribution in [0.2, 0.25) is 0 Å². The van der Waals surface area contributed by atoms with Gasteiger partial charge in [-0.05, 0) is 44.4 Å². The lowest BCUT2D eigenvalue weighted by Gasteiger charge is -2.30. The molecule has 0 aromatic carbocycles. The van der Waals surface area contributed by atoms with E-state index in [4.69, 9.17) is 0 Å². The molecule has 0 atom stereocenters. The standard InChI is InChI=1S/C13H25N.H3N/c1-2-11-7-9-13(10-8-11)14-12-5-3-4-6-12;/h11-14H,2-10H2,1H3;1H3. The van der Waals surface area contributed by atoms with Crippen molar-refractivity contribution in [3.63, 3.8) is 0 Å². The number of nitrogens with one attached hydrogen (secondary N) is 1. The van der Waals surface area contributed by atoms with Crippen LogP contribution in [0.1, 0.15) is 64.7 Å². The molecule has 0 radical (unpaired) electrons. The Morgan fingerprint density at radius 1 is 0.867 bits per heavy atom. The number of hydrogen-bond donors (Lipinski definition) is 2. The van der Waals surface area contributed by atoms with Crippen molar-refractivity contribution in [2.24, 2.45) is 5.92 Å². The first-order valence-electron chi connectivity index (χ1n) is 6.64.